The van der Waals surface area contributed by atoms with Gasteiger partial charge in [0.25, 0.3) is 12.6 Å². The Hall–Kier alpha value is -1.26. The molecular formula is C11H14O9. The van der Waals surface area contributed by atoms with Crippen molar-refractivity contribution in [3.8, 4) is 0 Å². The molecule has 0 aromatic rings. The molecule has 3 saturated heterocycles. The molecule has 0 aromatic carbocycles. The fourth-order valence-corrected chi connectivity index (χ4v) is 2.33. The molecule has 0 N–H and O–H groups in total. The minimum Gasteiger partial charge on any atom is -0.465 e. The number of hydrogen-bond acceptors (Lipinski definition) is 9. The fourth-order valence-electron chi connectivity index (χ4n) is 2.33. The second-order valence-electron chi connectivity index (χ2n) is 4.42. The molecule has 112 valence electrons. The zero-order valence-electron chi connectivity index (χ0n) is 10.8. The minimum absolute atomic E-state index is 0.146. The Morgan fingerprint density at radius 2 is 1.55 bits per heavy atom. The van der Waals surface area contributed by atoms with E-state index >= 15 is 0 Å². The van der Waals surface area contributed by atoms with Crippen LogP contribution in [0, 0.1) is 0 Å². The van der Waals surface area contributed by atoms with Crippen molar-refractivity contribution in [1.29, 1.82) is 0 Å². The van der Waals surface area contributed by atoms with Crippen molar-refractivity contribution < 1.29 is 42.7 Å². The number of ether oxygens (including phenoxy) is 7. The number of carbonyl (C=O) groups excluding carboxylic acids is 2. The highest BCUT2D eigenvalue weighted by Crippen LogP contribution is 2.37. The van der Waals surface area contributed by atoms with Crippen LogP contribution in [0.2, 0.25) is 0 Å². The Labute approximate surface area is 113 Å². The summed E-state index contributed by atoms with van der Waals surface area (Å²) in [4.78, 5) is 22.8. The molecule has 2 unspecified atom stereocenters. The van der Waals surface area contributed by atoms with Crippen molar-refractivity contribution >= 4 is 11.9 Å². The third-order valence-electron chi connectivity index (χ3n) is 3.29. The van der Waals surface area contributed by atoms with Gasteiger partial charge in [0.2, 0.25) is 0 Å². The van der Waals surface area contributed by atoms with Crippen LogP contribution in [0.3, 0.4) is 0 Å². The van der Waals surface area contributed by atoms with Crippen molar-refractivity contribution in [3.63, 3.8) is 0 Å². The summed E-state index contributed by atoms with van der Waals surface area (Å²) in [7, 11) is 2.46. The molecular weight excluding hydrogens is 276 g/mol. The van der Waals surface area contributed by atoms with Gasteiger partial charge in [-0.1, -0.05) is 0 Å². The lowest BCUT2D eigenvalue weighted by Gasteiger charge is -2.31. The summed E-state index contributed by atoms with van der Waals surface area (Å²) in [5, 5.41) is 0. The lowest BCUT2D eigenvalue weighted by molar-refractivity contribution is -0.268. The van der Waals surface area contributed by atoms with Gasteiger partial charge in [-0.3, -0.25) is 0 Å². The summed E-state index contributed by atoms with van der Waals surface area (Å²) >= 11 is 0. The highest BCUT2D eigenvalue weighted by Gasteiger charge is 2.57. The van der Waals surface area contributed by atoms with Gasteiger partial charge in [-0.15, -0.1) is 0 Å². The number of fused-ring (bicyclic) bond motifs is 3. The van der Waals surface area contributed by atoms with E-state index in [9.17, 15) is 9.59 Å². The molecule has 6 atom stereocenters. The summed E-state index contributed by atoms with van der Waals surface area (Å²) < 4.78 is 35.9. The highest BCUT2D eigenvalue weighted by atomic mass is 16.9. The lowest BCUT2D eigenvalue weighted by Crippen LogP contribution is -2.49. The van der Waals surface area contributed by atoms with Crippen molar-refractivity contribution in [3.05, 3.63) is 0 Å². The van der Waals surface area contributed by atoms with Crippen LogP contribution in [0.4, 0.5) is 0 Å². The average Bonchev–Trinajstić information content (AvgIpc) is 3.02. The summed E-state index contributed by atoms with van der Waals surface area (Å²) in [6.45, 7) is 0.146. The molecule has 0 amide bonds. The maximum absolute atomic E-state index is 11.4. The Morgan fingerprint density at radius 1 is 0.900 bits per heavy atom. The maximum atomic E-state index is 11.4. The fraction of sp³-hybridized carbons (Fsp3) is 0.818. The van der Waals surface area contributed by atoms with Gasteiger partial charge in [-0.25, -0.2) is 9.59 Å². The van der Waals surface area contributed by atoms with E-state index in [2.05, 4.69) is 9.47 Å². The van der Waals surface area contributed by atoms with Gasteiger partial charge >= 0.3 is 11.9 Å². The summed E-state index contributed by atoms with van der Waals surface area (Å²) in [5.74, 6) is -1.30. The largest absolute Gasteiger partial charge is 0.465 e. The van der Waals surface area contributed by atoms with E-state index in [4.69, 9.17) is 23.7 Å². The average molecular weight is 290 g/mol. The van der Waals surface area contributed by atoms with Crippen molar-refractivity contribution in [1.82, 2.24) is 0 Å². The molecule has 3 aliphatic heterocycles. The first-order chi connectivity index (χ1) is 9.63. The van der Waals surface area contributed by atoms with Crippen LogP contribution in [0.5, 0.6) is 0 Å². The van der Waals surface area contributed by atoms with Crippen molar-refractivity contribution in [2.45, 2.75) is 37.2 Å². The molecule has 0 aromatic heterocycles. The molecule has 0 spiro atoms. The second kappa shape index (κ2) is 5.26. The summed E-state index contributed by atoms with van der Waals surface area (Å²) in [5.41, 5.74) is 0. The Bertz CT molecular complexity index is 411. The first-order valence-corrected chi connectivity index (χ1v) is 6.03. The zero-order valence-corrected chi connectivity index (χ0v) is 10.8. The van der Waals surface area contributed by atoms with E-state index in [1.807, 2.05) is 0 Å². The third-order valence-corrected chi connectivity index (χ3v) is 3.29. The third kappa shape index (κ3) is 2.17. The molecule has 3 rings (SSSR count). The van der Waals surface area contributed by atoms with E-state index in [-0.39, 0.29) is 6.61 Å². The molecule has 0 bridgehead atoms. The van der Waals surface area contributed by atoms with Gasteiger partial charge in [0.1, 0.15) is 18.3 Å². The van der Waals surface area contributed by atoms with Crippen LogP contribution in [-0.4, -0.2) is 69.9 Å². The number of hydrogen-bond donors (Lipinski definition) is 0. The molecule has 3 aliphatic rings. The van der Waals surface area contributed by atoms with E-state index in [0.717, 1.165) is 0 Å². The number of carbonyl (C=O) groups is 2. The number of esters is 2. The smallest absolute Gasteiger partial charge is 0.363 e. The van der Waals surface area contributed by atoms with E-state index in [0.29, 0.717) is 0 Å². The zero-order chi connectivity index (χ0) is 14.3. The van der Waals surface area contributed by atoms with Crippen LogP contribution < -0.4 is 0 Å². The molecule has 0 radical (unpaired) electrons. The van der Waals surface area contributed by atoms with Gasteiger partial charge in [-0.2, -0.15) is 0 Å². The lowest BCUT2D eigenvalue weighted by atomic mass is 10.1. The van der Waals surface area contributed by atoms with Crippen LogP contribution in [0.1, 0.15) is 0 Å². The first-order valence-electron chi connectivity index (χ1n) is 6.03. The molecule has 9 heteroatoms. The molecule has 9 nitrogen and oxygen atoms in total. The normalized spacial score (nSPS) is 42.7. The van der Waals surface area contributed by atoms with Crippen molar-refractivity contribution in [2.75, 3.05) is 20.8 Å². The molecule has 0 aliphatic carbocycles. The predicted molar refractivity (Wildman–Crippen MR) is 57.1 cm³/mol. The monoisotopic (exact) mass is 290 g/mol. The van der Waals surface area contributed by atoms with Gasteiger partial charge in [0.15, 0.2) is 6.29 Å². The van der Waals surface area contributed by atoms with Crippen LogP contribution >= 0.6 is 0 Å². The predicted octanol–water partition coefficient (Wildman–Crippen LogP) is -1.46. The standard InChI is InChI=1S/C11H14O9/c1-14-7(12)10-16-3-4-5(18-10)6-9(17-4)20-11(19-6)8(13)15-2/h4-6,9-11H,3H2,1-2H3/t4-,5+,6-,9-,10?,11?/m1/s1. The first kappa shape index (κ1) is 13.7. The van der Waals surface area contributed by atoms with Gasteiger partial charge in [-0.05, 0) is 0 Å². The number of methoxy groups -OCH3 is 2. The SMILES string of the molecule is COC(=O)C1OC[C@H]2O[C@@H]3OC(C(=O)OC)O[C@@H]3[C@H]2O1. The minimum atomic E-state index is -1.15. The molecule has 0 saturated carbocycles. The van der Waals surface area contributed by atoms with Crippen LogP contribution in [0.15, 0.2) is 0 Å². The second-order valence-corrected chi connectivity index (χ2v) is 4.42. The van der Waals surface area contributed by atoms with Crippen LogP contribution in [-0.2, 0) is 42.7 Å². The Balaban J connectivity index is 1.67. The van der Waals surface area contributed by atoms with E-state index < -0.39 is 49.1 Å². The Kier molecular flexibility index (Phi) is 3.61. The number of rotatable bonds is 2. The van der Waals surface area contributed by atoms with Gasteiger partial charge in [0, 0.05) is 0 Å². The Morgan fingerprint density at radius 3 is 2.25 bits per heavy atom. The summed E-state index contributed by atoms with van der Waals surface area (Å²) in [6, 6.07) is 0. The van der Waals surface area contributed by atoms with Crippen molar-refractivity contribution in [2.24, 2.45) is 0 Å². The summed E-state index contributed by atoms with van der Waals surface area (Å²) in [6.07, 6.45) is -4.67. The van der Waals surface area contributed by atoms with Gasteiger partial charge < -0.3 is 33.2 Å². The van der Waals surface area contributed by atoms with Gasteiger partial charge in [0.05, 0.1) is 20.8 Å². The molecule has 20 heavy (non-hydrogen) atoms. The molecule has 3 fully saturated rings. The van der Waals surface area contributed by atoms with E-state index in [1.54, 1.807) is 0 Å². The van der Waals surface area contributed by atoms with Crippen LogP contribution in [0.25, 0.3) is 0 Å². The van der Waals surface area contributed by atoms with E-state index in [1.165, 1.54) is 14.2 Å². The maximum Gasteiger partial charge on any atom is 0.363 e. The topological polar surface area (TPSA) is 98.8 Å². The molecule has 3 heterocycles. The highest BCUT2D eigenvalue weighted by molar-refractivity contribution is 5.73. The quantitative estimate of drug-likeness (QED) is 0.565.